The number of nitrogens with one attached hydrogen (secondary N) is 1. The zero-order valence-electron chi connectivity index (χ0n) is 14.8. The summed E-state index contributed by atoms with van der Waals surface area (Å²) in [6, 6.07) is 10.2. The quantitative estimate of drug-likeness (QED) is 0.891. The smallest absolute Gasteiger partial charge is 0.274 e. The van der Waals surface area contributed by atoms with Gasteiger partial charge in [-0.1, -0.05) is 6.07 Å². The largest absolute Gasteiger partial charge is 0.454 e. The van der Waals surface area contributed by atoms with Crippen molar-refractivity contribution in [3.8, 4) is 11.5 Å². The number of hydrogen-bond donors (Lipinski definition) is 1. The molecule has 2 aliphatic heterocycles. The molecule has 136 valence electrons. The molecule has 4 rings (SSSR count). The monoisotopic (exact) mass is 355 g/mol. The van der Waals surface area contributed by atoms with Crippen LogP contribution in [0.1, 0.15) is 28.9 Å². The lowest BCUT2D eigenvalue weighted by atomic mass is 10.1. The maximum Gasteiger partial charge on any atom is 0.274 e. The second-order valence-corrected chi connectivity index (χ2v) is 6.64. The lowest BCUT2D eigenvalue weighted by Gasteiger charge is -2.35. The van der Waals surface area contributed by atoms with Gasteiger partial charge in [0.15, 0.2) is 11.5 Å². The third-order valence-corrected chi connectivity index (χ3v) is 5.16. The van der Waals surface area contributed by atoms with Crippen LogP contribution in [-0.2, 0) is 0 Å². The standard InChI is InChI=1S/C19H22N4O3/c1-13(14-2-4-16-17(10-14)26-12-25-16)22-6-8-23(9-7-22)18-5-3-15(11-21-18)19(20)24/h2-5,10-11,13H,6-9,12H2,1H3,(H2,20,24)/p+1/t13-/m0/s1. The predicted molar refractivity (Wildman–Crippen MR) is 96.3 cm³/mol. The van der Waals surface area contributed by atoms with Crippen molar-refractivity contribution in [3.05, 3.63) is 47.7 Å². The molecule has 26 heavy (non-hydrogen) atoms. The molecule has 0 bridgehead atoms. The van der Waals surface area contributed by atoms with Crippen molar-refractivity contribution in [2.75, 3.05) is 37.9 Å². The van der Waals surface area contributed by atoms with Crippen LogP contribution in [0.15, 0.2) is 36.5 Å². The average Bonchev–Trinajstić information content (AvgIpc) is 3.15. The van der Waals surface area contributed by atoms with Crippen LogP contribution in [0.2, 0.25) is 0 Å². The third-order valence-electron chi connectivity index (χ3n) is 5.16. The van der Waals surface area contributed by atoms with Crippen molar-refractivity contribution in [1.82, 2.24) is 4.90 Å². The van der Waals surface area contributed by atoms with Gasteiger partial charge < -0.3 is 15.2 Å². The SMILES string of the molecule is C[C@@H](c1ccc2c(c1)OCO2)N1CCN(c2ccc(C(N)=O)c[nH+]2)CC1. The second kappa shape index (κ2) is 6.84. The summed E-state index contributed by atoms with van der Waals surface area (Å²) in [7, 11) is 0. The van der Waals surface area contributed by atoms with Gasteiger partial charge in [0.2, 0.25) is 6.79 Å². The molecule has 0 unspecified atom stereocenters. The summed E-state index contributed by atoms with van der Waals surface area (Å²) in [5, 5.41) is 0. The van der Waals surface area contributed by atoms with Crippen LogP contribution in [0.4, 0.5) is 5.82 Å². The molecule has 0 aliphatic carbocycles. The van der Waals surface area contributed by atoms with Crippen LogP contribution in [-0.4, -0.2) is 43.8 Å². The Labute approximate surface area is 152 Å². The molecule has 2 aromatic rings. The topological polar surface area (TPSA) is 82.2 Å². The Bertz CT molecular complexity index is 801. The molecule has 3 N–H and O–H groups in total. The van der Waals surface area contributed by atoms with Crippen LogP contribution in [0.25, 0.3) is 0 Å². The zero-order chi connectivity index (χ0) is 18.1. The maximum absolute atomic E-state index is 11.2. The van der Waals surface area contributed by atoms with Crippen LogP contribution in [0.3, 0.4) is 0 Å². The Balaban J connectivity index is 1.39. The van der Waals surface area contributed by atoms with Crippen molar-refractivity contribution in [2.24, 2.45) is 5.73 Å². The number of amides is 1. The van der Waals surface area contributed by atoms with E-state index in [0.29, 0.717) is 18.4 Å². The number of carbonyl (C=O) groups excluding carboxylic acids is 1. The van der Waals surface area contributed by atoms with Gasteiger partial charge in [0.1, 0.15) is 6.20 Å². The summed E-state index contributed by atoms with van der Waals surface area (Å²) in [6.07, 6.45) is 1.67. The van der Waals surface area contributed by atoms with E-state index in [-0.39, 0.29) is 0 Å². The number of aromatic amines is 1. The first-order chi connectivity index (χ1) is 12.6. The minimum absolute atomic E-state index is 0.302. The van der Waals surface area contributed by atoms with E-state index in [2.05, 4.69) is 33.8 Å². The molecular weight excluding hydrogens is 332 g/mol. The first-order valence-corrected chi connectivity index (χ1v) is 8.82. The fourth-order valence-electron chi connectivity index (χ4n) is 3.50. The molecule has 2 aliphatic rings. The average molecular weight is 355 g/mol. The van der Waals surface area contributed by atoms with Crippen molar-refractivity contribution < 1.29 is 19.3 Å². The Morgan fingerprint density at radius 1 is 1.12 bits per heavy atom. The minimum Gasteiger partial charge on any atom is -0.454 e. The van der Waals surface area contributed by atoms with E-state index in [1.54, 1.807) is 12.3 Å². The van der Waals surface area contributed by atoms with E-state index in [4.69, 9.17) is 15.2 Å². The van der Waals surface area contributed by atoms with E-state index < -0.39 is 5.91 Å². The first-order valence-electron chi connectivity index (χ1n) is 8.82. The predicted octanol–water partition coefficient (Wildman–Crippen LogP) is 1.21. The summed E-state index contributed by atoms with van der Waals surface area (Å²) in [4.78, 5) is 19.1. The van der Waals surface area contributed by atoms with Crippen molar-refractivity contribution in [2.45, 2.75) is 13.0 Å². The highest BCUT2D eigenvalue weighted by atomic mass is 16.7. The van der Waals surface area contributed by atoms with Gasteiger partial charge in [0.05, 0.1) is 18.7 Å². The number of ether oxygens (including phenoxy) is 2. The molecule has 7 nitrogen and oxygen atoms in total. The fraction of sp³-hybridized carbons (Fsp3) is 0.368. The van der Waals surface area contributed by atoms with Gasteiger partial charge in [-0.05, 0) is 30.7 Å². The number of nitrogens with zero attached hydrogens (tertiary/aromatic N) is 2. The van der Waals surface area contributed by atoms with Crippen LogP contribution in [0, 0.1) is 0 Å². The highest BCUT2D eigenvalue weighted by molar-refractivity contribution is 5.92. The number of aromatic nitrogens is 1. The van der Waals surface area contributed by atoms with Crippen LogP contribution < -0.4 is 25.1 Å². The van der Waals surface area contributed by atoms with Gasteiger partial charge in [-0.15, -0.1) is 0 Å². The molecule has 3 heterocycles. The molecule has 1 atom stereocenters. The third kappa shape index (κ3) is 3.17. The van der Waals surface area contributed by atoms with Crippen LogP contribution in [0.5, 0.6) is 11.5 Å². The summed E-state index contributed by atoms with van der Waals surface area (Å²) in [5.41, 5.74) is 7.01. The molecule has 0 spiro atoms. The molecule has 1 amide bonds. The molecule has 0 radical (unpaired) electrons. The molecule has 0 saturated carbocycles. The Morgan fingerprint density at radius 2 is 1.88 bits per heavy atom. The van der Waals surface area contributed by atoms with E-state index in [1.807, 2.05) is 12.1 Å². The highest BCUT2D eigenvalue weighted by Crippen LogP contribution is 2.35. The second-order valence-electron chi connectivity index (χ2n) is 6.64. The number of benzene rings is 1. The number of primary amides is 1. The Kier molecular flexibility index (Phi) is 4.38. The lowest BCUT2D eigenvalue weighted by molar-refractivity contribution is -0.364. The van der Waals surface area contributed by atoms with Crippen molar-refractivity contribution >= 4 is 11.7 Å². The number of rotatable bonds is 4. The zero-order valence-corrected chi connectivity index (χ0v) is 14.8. The van der Waals surface area contributed by atoms with Crippen molar-refractivity contribution in [1.29, 1.82) is 0 Å². The number of carbonyl (C=O) groups is 1. The molecule has 1 aromatic heterocycles. The summed E-state index contributed by atoms with van der Waals surface area (Å²) in [6.45, 7) is 6.28. The van der Waals surface area contributed by atoms with Gasteiger partial charge in [-0.3, -0.25) is 14.6 Å². The van der Waals surface area contributed by atoms with Gasteiger partial charge in [0.25, 0.3) is 11.7 Å². The highest BCUT2D eigenvalue weighted by Gasteiger charge is 2.27. The van der Waals surface area contributed by atoms with Gasteiger partial charge >= 0.3 is 0 Å². The number of hydrogen-bond acceptors (Lipinski definition) is 5. The molecular formula is C19H23N4O3+. The number of pyridine rings is 1. The lowest BCUT2D eigenvalue weighted by Crippen LogP contribution is -2.48. The van der Waals surface area contributed by atoms with E-state index in [1.165, 1.54) is 5.56 Å². The number of H-pyrrole nitrogens is 1. The first kappa shape index (κ1) is 16.7. The summed E-state index contributed by atoms with van der Waals surface area (Å²) >= 11 is 0. The van der Waals surface area contributed by atoms with Gasteiger partial charge in [-0.2, -0.15) is 0 Å². The van der Waals surface area contributed by atoms with E-state index in [0.717, 1.165) is 43.5 Å². The van der Waals surface area contributed by atoms with E-state index >= 15 is 0 Å². The Hall–Kier alpha value is -2.80. The summed E-state index contributed by atoms with van der Waals surface area (Å²) in [5.74, 6) is 2.23. The summed E-state index contributed by atoms with van der Waals surface area (Å²) < 4.78 is 10.9. The normalized spacial score (nSPS) is 18.0. The fourth-order valence-corrected chi connectivity index (χ4v) is 3.50. The van der Waals surface area contributed by atoms with Gasteiger partial charge in [0, 0.05) is 25.2 Å². The van der Waals surface area contributed by atoms with Gasteiger partial charge in [-0.25, -0.2) is 4.98 Å². The molecule has 1 saturated heterocycles. The number of fused-ring (bicyclic) bond motifs is 1. The number of anilines is 1. The molecule has 7 heteroatoms. The van der Waals surface area contributed by atoms with E-state index in [9.17, 15) is 4.79 Å². The Morgan fingerprint density at radius 3 is 2.58 bits per heavy atom. The number of piperazine rings is 1. The maximum atomic E-state index is 11.2. The minimum atomic E-state index is -0.421. The number of nitrogens with two attached hydrogens (primary N) is 1. The van der Waals surface area contributed by atoms with Crippen molar-refractivity contribution in [3.63, 3.8) is 0 Å². The van der Waals surface area contributed by atoms with Crippen LogP contribution >= 0.6 is 0 Å². The molecule has 1 aromatic carbocycles. The molecule has 1 fully saturated rings.